The molecule has 1 aliphatic rings. The molecule has 1 heterocycles. The highest BCUT2D eigenvalue weighted by molar-refractivity contribution is 5.59. The van der Waals surface area contributed by atoms with Gasteiger partial charge in [-0.15, -0.1) is 0 Å². The number of hydrogen-bond donors (Lipinski definition) is 1. The highest BCUT2D eigenvalue weighted by Gasteiger charge is 2.26. The molecule has 0 saturated carbocycles. The number of anilines is 1. The van der Waals surface area contributed by atoms with Crippen molar-refractivity contribution in [2.45, 2.75) is 19.1 Å². The lowest BCUT2D eigenvalue weighted by molar-refractivity contribution is -0.0421. The fraction of sp³-hybridized carbons (Fsp3) is 0.462. The summed E-state index contributed by atoms with van der Waals surface area (Å²) in [5, 5.41) is 18.2. The lowest BCUT2D eigenvalue weighted by atomic mass is 10.1. The first kappa shape index (κ1) is 12.8. The van der Waals surface area contributed by atoms with Gasteiger partial charge in [-0.2, -0.15) is 5.26 Å². The zero-order valence-electron chi connectivity index (χ0n) is 10.1. The second kappa shape index (κ2) is 5.34. The average molecular weight is 250 g/mol. The maximum Gasteiger partial charge on any atom is 0.124 e. The van der Waals surface area contributed by atoms with E-state index in [9.17, 15) is 4.39 Å². The molecular weight excluding hydrogens is 235 g/mol. The molecule has 2 rings (SSSR count). The SMILES string of the molecule is CC1CN(c2ccc(F)cc2C#N)CC(CO)O1. The molecule has 18 heavy (non-hydrogen) atoms. The van der Waals surface area contributed by atoms with Gasteiger partial charge in [0.15, 0.2) is 0 Å². The smallest absolute Gasteiger partial charge is 0.124 e. The van der Waals surface area contributed by atoms with E-state index in [2.05, 4.69) is 0 Å². The van der Waals surface area contributed by atoms with Crippen LogP contribution in [0.5, 0.6) is 0 Å². The Morgan fingerprint density at radius 2 is 2.33 bits per heavy atom. The summed E-state index contributed by atoms with van der Waals surface area (Å²) in [6, 6.07) is 6.16. The van der Waals surface area contributed by atoms with Gasteiger partial charge in [0, 0.05) is 13.1 Å². The van der Waals surface area contributed by atoms with Crippen molar-refractivity contribution in [1.29, 1.82) is 5.26 Å². The largest absolute Gasteiger partial charge is 0.394 e. The predicted molar refractivity (Wildman–Crippen MR) is 64.7 cm³/mol. The number of aliphatic hydroxyl groups excluding tert-OH is 1. The molecule has 1 aromatic rings. The summed E-state index contributed by atoms with van der Waals surface area (Å²) in [6.45, 7) is 2.96. The first-order chi connectivity index (χ1) is 8.63. The Morgan fingerprint density at radius 3 is 3.00 bits per heavy atom. The average Bonchev–Trinajstić information content (AvgIpc) is 2.37. The van der Waals surface area contributed by atoms with E-state index in [0.29, 0.717) is 24.3 Å². The number of rotatable bonds is 2. The zero-order chi connectivity index (χ0) is 13.1. The summed E-state index contributed by atoms with van der Waals surface area (Å²) < 4.78 is 18.6. The lowest BCUT2D eigenvalue weighted by Crippen LogP contribution is -2.48. The quantitative estimate of drug-likeness (QED) is 0.859. The molecule has 2 atom stereocenters. The molecule has 5 heteroatoms. The van der Waals surface area contributed by atoms with Crippen molar-refractivity contribution in [2.75, 3.05) is 24.6 Å². The highest BCUT2D eigenvalue weighted by atomic mass is 19.1. The number of hydrogen-bond acceptors (Lipinski definition) is 4. The first-order valence-corrected chi connectivity index (χ1v) is 5.85. The van der Waals surface area contributed by atoms with Crippen LogP contribution in [0.3, 0.4) is 0 Å². The minimum Gasteiger partial charge on any atom is -0.394 e. The molecule has 1 fully saturated rings. The molecule has 1 N–H and O–H groups in total. The van der Waals surface area contributed by atoms with Gasteiger partial charge in [0.1, 0.15) is 11.9 Å². The summed E-state index contributed by atoms with van der Waals surface area (Å²) in [5.74, 6) is -0.421. The van der Waals surface area contributed by atoms with Crippen molar-refractivity contribution in [3.63, 3.8) is 0 Å². The number of aliphatic hydroxyl groups is 1. The Bertz CT molecular complexity index is 473. The van der Waals surface area contributed by atoms with E-state index in [4.69, 9.17) is 15.1 Å². The van der Waals surface area contributed by atoms with Gasteiger partial charge in [0.25, 0.3) is 0 Å². The van der Waals surface area contributed by atoms with Gasteiger partial charge in [-0.25, -0.2) is 4.39 Å². The summed E-state index contributed by atoms with van der Waals surface area (Å²) in [5.41, 5.74) is 0.994. The number of morpholine rings is 1. The van der Waals surface area contributed by atoms with E-state index >= 15 is 0 Å². The van der Waals surface area contributed by atoms with Gasteiger partial charge in [-0.05, 0) is 25.1 Å². The van der Waals surface area contributed by atoms with Crippen molar-refractivity contribution in [3.8, 4) is 6.07 Å². The van der Waals surface area contributed by atoms with Crippen LogP contribution in [0.25, 0.3) is 0 Å². The second-order valence-electron chi connectivity index (χ2n) is 4.43. The molecule has 4 nitrogen and oxygen atoms in total. The van der Waals surface area contributed by atoms with Crippen LogP contribution in [0, 0.1) is 17.1 Å². The summed E-state index contributed by atoms with van der Waals surface area (Å²) >= 11 is 0. The molecule has 1 saturated heterocycles. The van der Waals surface area contributed by atoms with Crippen LogP contribution >= 0.6 is 0 Å². The standard InChI is InChI=1S/C13H15FN2O2/c1-9-6-16(7-12(8-17)18-9)13-3-2-11(14)4-10(13)5-15/h2-4,9,12,17H,6-8H2,1H3. The Labute approximate surface area is 105 Å². The van der Waals surface area contributed by atoms with Gasteiger partial charge in [-0.3, -0.25) is 0 Å². The lowest BCUT2D eigenvalue weighted by Gasteiger charge is -2.37. The number of nitriles is 1. The van der Waals surface area contributed by atoms with Crippen LogP contribution in [0.15, 0.2) is 18.2 Å². The molecule has 0 radical (unpaired) electrons. The van der Waals surface area contributed by atoms with Crippen LogP contribution in [0.4, 0.5) is 10.1 Å². The minimum atomic E-state index is -0.421. The number of benzene rings is 1. The number of ether oxygens (including phenoxy) is 1. The van der Waals surface area contributed by atoms with Crippen molar-refractivity contribution in [1.82, 2.24) is 0 Å². The first-order valence-electron chi connectivity index (χ1n) is 5.85. The van der Waals surface area contributed by atoms with Crippen molar-refractivity contribution >= 4 is 5.69 Å². The molecular formula is C13H15FN2O2. The van der Waals surface area contributed by atoms with Crippen LogP contribution in [0.1, 0.15) is 12.5 Å². The van der Waals surface area contributed by atoms with Gasteiger partial charge >= 0.3 is 0 Å². The third-order valence-electron chi connectivity index (χ3n) is 2.95. The molecule has 0 aromatic heterocycles. The second-order valence-corrected chi connectivity index (χ2v) is 4.43. The van der Waals surface area contributed by atoms with E-state index in [0.717, 1.165) is 0 Å². The van der Waals surface area contributed by atoms with Gasteiger partial charge < -0.3 is 14.7 Å². The minimum absolute atomic E-state index is 0.0347. The van der Waals surface area contributed by atoms with Crippen molar-refractivity contribution < 1.29 is 14.2 Å². The van der Waals surface area contributed by atoms with E-state index in [1.807, 2.05) is 17.9 Å². The zero-order valence-corrected chi connectivity index (χ0v) is 10.1. The summed E-state index contributed by atoms with van der Waals surface area (Å²) in [7, 11) is 0. The molecule has 2 unspecified atom stereocenters. The Hall–Kier alpha value is -1.64. The van der Waals surface area contributed by atoms with Crippen LogP contribution < -0.4 is 4.90 Å². The molecule has 0 spiro atoms. The monoisotopic (exact) mass is 250 g/mol. The van der Waals surface area contributed by atoms with Gasteiger partial charge in [-0.1, -0.05) is 0 Å². The van der Waals surface area contributed by atoms with E-state index in [1.165, 1.54) is 12.1 Å². The molecule has 0 bridgehead atoms. The Kier molecular flexibility index (Phi) is 3.80. The fourth-order valence-electron chi connectivity index (χ4n) is 2.22. The van der Waals surface area contributed by atoms with Crippen molar-refractivity contribution in [3.05, 3.63) is 29.6 Å². The third-order valence-corrected chi connectivity index (χ3v) is 2.95. The van der Waals surface area contributed by atoms with Crippen LogP contribution in [-0.2, 0) is 4.74 Å². The van der Waals surface area contributed by atoms with Gasteiger partial charge in [0.05, 0.1) is 30.1 Å². The Balaban J connectivity index is 2.28. The topological polar surface area (TPSA) is 56.5 Å². The molecule has 96 valence electrons. The maximum atomic E-state index is 13.1. The van der Waals surface area contributed by atoms with Crippen LogP contribution in [0.2, 0.25) is 0 Å². The van der Waals surface area contributed by atoms with Crippen molar-refractivity contribution in [2.24, 2.45) is 0 Å². The molecule has 1 aliphatic heterocycles. The number of nitrogens with zero attached hydrogens (tertiary/aromatic N) is 2. The predicted octanol–water partition coefficient (Wildman–Crippen LogP) is 1.28. The van der Waals surface area contributed by atoms with E-state index in [-0.39, 0.29) is 18.8 Å². The molecule has 0 amide bonds. The Morgan fingerprint density at radius 1 is 1.56 bits per heavy atom. The summed E-state index contributed by atoms with van der Waals surface area (Å²) in [4.78, 5) is 1.95. The van der Waals surface area contributed by atoms with Crippen LogP contribution in [-0.4, -0.2) is 37.0 Å². The highest BCUT2D eigenvalue weighted by Crippen LogP contribution is 2.24. The third kappa shape index (κ3) is 2.61. The summed E-state index contributed by atoms with van der Waals surface area (Å²) in [6.07, 6.45) is -0.308. The maximum absolute atomic E-state index is 13.1. The van der Waals surface area contributed by atoms with E-state index < -0.39 is 5.82 Å². The number of halogens is 1. The molecule has 0 aliphatic carbocycles. The normalized spacial score (nSPS) is 23.8. The van der Waals surface area contributed by atoms with E-state index in [1.54, 1.807) is 6.07 Å². The molecule has 1 aromatic carbocycles. The fourth-order valence-corrected chi connectivity index (χ4v) is 2.22. The van der Waals surface area contributed by atoms with Gasteiger partial charge in [0.2, 0.25) is 0 Å².